The number of esters is 1. The molecular weight excluding hydrogens is 286 g/mol. The second-order valence-electron chi connectivity index (χ2n) is 4.76. The molecule has 0 aliphatic carbocycles. The van der Waals surface area contributed by atoms with Crippen molar-refractivity contribution in [3.8, 4) is 0 Å². The zero-order valence-electron chi connectivity index (χ0n) is 12.5. The van der Waals surface area contributed by atoms with Gasteiger partial charge in [0, 0.05) is 24.6 Å². The summed E-state index contributed by atoms with van der Waals surface area (Å²) in [6.45, 7) is 4.34. The molecule has 0 aliphatic rings. The number of para-hydroxylation sites is 1. The molecule has 1 aromatic carbocycles. The van der Waals surface area contributed by atoms with Crippen molar-refractivity contribution in [3.05, 3.63) is 57.4 Å². The van der Waals surface area contributed by atoms with E-state index in [1.165, 1.54) is 6.07 Å². The van der Waals surface area contributed by atoms with E-state index in [0.29, 0.717) is 24.2 Å². The van der Waals surface area contributed by atoms with Crippen LogP contribution in [-0.4, -0.2) is 27.3 Å². The molecule has 2 rings (SSSR count). The molecule has 0 saturated carbocycles. The average Bonchev–Trinajstić information content (AvgIpc) is 2.88. The van der Waals surface area contributed by atoms with Crippen LogP contribution < -0.4 is 0 Å². The van der Waals surface area contributed by atoms with Gasteiger partial charge in [0.2, 0.25) is 0 Å². The van der Waals surface area contributed by atoms with E-state index in [-0.39, 0.29) is 12.3 Å². The molecule has 1 heterocycles. The minimum atomic E-state index is -0.471. The number of nitrogens with zero attached hydrogens (tertiary/aromatic N) is 3. The highest BCUT2D eigenvalue weighted by atomic mass is 16.6. The first-order chi connectivity index (χ1) is 10.5. The van der Waals surface area contributed by atoms with Gasteiger partial charge < -0.3 is 4.74 Å². The molecule has 22 heavy (non-hydrogen) atoms. The lowest BCUT2D eigenvalue weighted by Gasteiger charge is -2.06. The number of aromatic nitrogens is 2. The summed E-state index contributed by atoms with van der Waals surface area (Å²) in [5, 5.41) is 15.1. The van der Waals surface area contributed by atoms with Crippen LogP contribution >= 0.6 is 0 Å². The lowest BCUT2D eigenvalue weighted by atomic mass is 10.1. The number of hydrogen-bond donors (Lipinski definition) is 0. The van der Waals surface area contributed by atoms with Gasteiger partial charge in [-0.3, -0.25) is 14.8 Å². The molecule has 116 valence electrons. The van der Waals surface area contributed by atoms with Gasteiger partial charge in [-0.25, -0.2) is 4.79 Å². The van der Waals surface area contributed by atoms with Gasteiger partial charge in [0.1, 0.15) is 5.69 Å². The van der Waals surface area contributed by atoms with Crippen molar-refractivity contribution >= 4 is 11.7 Å². The molecule has 0 fully saturated rings. The van der Waals surface area contributed by atoms with Crippen molar-refractivity contribution in [2.24, 2.45) is 0 Å². The molecule has 0 aliphatic heterocycles. The minimum Gasteiger partial charge on any atom is -0.461 e. The molecule has 2 aromatic rings. The maximum Gasteiger partial charge on any atom is 0.356 e. The molecule has 0 amide bonds. The third-order valence-corrected chi connectivity index (χ3v) is 3.20. The summed E-state index contributed by atoms with van der Waals surface area (Å²) >= 11 is 0. The number of hydrogen-bond acceptors (Lipinski definition) is 5. The highest BCUT2D eigenvalue weighted by molar-refractivity contribution is 5.87. The van der Waals surface area contributed by atoms with Crippen molar-refractivity contribution in [3.63, 3.8) is 0 Å². The zero-order chi connectivity index (χ0) is 16.1. The van der Waals surface area contributed by atoms with Crippen LogP contribution in [0.25, 0.3) is 0 Å². The summed E-state index contributed by atoms with van der Waals surface area (Å²) in [5.74, 6) is -0.471. The molecule has 0 N–H and O–H groups in total. The molecule has 7 nitrogen and oxygen atoms in total. The Labute approximate surface area is 127 Å². The Bertz CT molecular complexity index is 694. The van der Waals surface area contributed by atoms with Crippen LogP contribution in [0.2, 0.25) is 0 Å². The SMILES string of the molecule is CCn1nc(C)cc1C(=O)OCCc1ccccc1[N+](=O)[O-]. The van der Waals surface area contributed by atoms with Crippen LogP contribution in [-0.2, 0) is 17.7 Å². The average molecular weight is 303 g/mol. The maximum atomic E-state index is 12.0. The van der Waals surface area contributed by atoms with Crippen LogP contribution in [0.5, 0.6) is 0 Å². The Kier molecular flexibility index (Phi) is 4.88. The number of carbonyl (C=O) groups excluding carboxylic acids is 1. The number of nitro benzene ring substituents is 1. The number of nitro groups is 1. The molecule has 0 atom stereocenters. The molecule has 7 heteroatoms. The summed E-state index contributed by atoms with van der Waals surface area (Å²) in [4.78, 5) is 22.5. The smallest absolute Gasteiger partial charge is 0.356 e. The number of rotatable bonds is 6. The Balaban J connectivity index is 1.99. The number of ether oxygens (including phenoxy) is 1. The minimum absolute atomic E-state index is 0.0352. The van der Waals surface area contributed by atoms with Crippen LogP contribution in [0.3, 0.4) is 0 Å². The number of aryl methyl sites for hydroxylation is 2. The highest BCUT2D eigenvalue weighted by Gasteiger charge is 2.16. The Morgan fingerprint density at radius 1 is 1.41 bits per heavy atom. The molecular formula is C15H17N3O4. The predicted octanol–water partition coefficient (Wildman–Crippen LogP) is 2.52. The van der Waals surface area contributed by atoms with E-state index in [2.05, 4.69) is 5.10 Å². The van der Waals surface area contributed by atoms with Gasteiger partial charge >= 0.3 is 5.97 Å². The molecule has 0 spiro atoms. The number of carbonyl (C=O) groups is 1. The van der Waals surface area contributed by atoms with Crippen molar-refractivity contribution in [1.29, 1.82) is 0 Å². The first-order valence-electron chi connectivity index (χ1n) is 6.96. The van der Waals surface area contributed by atoms with Gasteiger partial charge in [-0.05, 0) is 19.9 Å². The van der Waals surface area contributed by atoms with Gasteiger partial charge in [-0.2, -0.15) is 5.10 Å². The summed E-state index contributed by atoms with van der Waals surface area (Å²) in [7, 11) is 0. The maximum absolute atomic E-state index is 12.0. The zero-order valence-corrected chi connectivity index (χ0v) is 12.5. The van der Waals surface area contributed by atoms with Crippen LogP contribution in [0.4, 0.5) is 5.69 Å². The Morgan fingerprint density at radius 2 is 2.14 bits per heavy atom. The van der Waals surface area contributed by atoms with Gasteiger partial charge in [-0.1, -0.05) is 18.2 Å². The summed E-state index contributed by atoms with van der Waals surface area (Å²) in [6, 6.07) is 8.09. The largest absolute Gasteiger partial charge is 0.461 e. The van der Waals surface area contributed by atoms with Crippen molar-refractivity contribution in [1.82, 2.24) is 9.78 Å². The molecule has 1 aromatic heterocycles. The second kappa shape index (κ2) is 6.84. The third kappa shape index (κ3) is 3.49. The fraction of sp³-hybridized carbons (Fsp3) is 0.333. The van der Waals surface area contributed by atoms with Crippen molar-refractivity contribution < 1.29 is 14.5 Å². The van der Waals surface area contributed by atoms with E-state index in [1.807, 2.05) is 6.92 Å². The molecule has 0 bridgehead atoms. The third-order valence-electron chi connectivity index (χ3n) is 3.20. The Hall–Kier alpha value is -2.70. The topological polar surface area (TPSA) is 87.3 Å². The van der Waals surface area contributed by atoms with Gasteiger partial charge in [-0.15, -0.1) is 0 Å². The summed E-state index contributed by atoms with van der Waals surface area (Å²) in [6.07, 6.45) is 0.294. The fourth-order valence-corrected chi connectivity index (χ4v) is 2.18. The second-order valence-corrected chi connectivity index (χ2v) is 4.76. The lowest BCUT2D eigenvalue weighted by Crippen LogP contribution is -2.14. The van der Waals surface area contributed by atoms with E-state index in [4.69, 9.17) is 4.74 Å². The Morgan fingerprint density at radius 3 is 2.82 bits per heavy atom. The van der Waals surface area contributed by atoms with Crippen molar-refractivity contribution in [2.45, 2.75) is 26.8 Å². The number of benzene rings is 1. The van der Waals surface area contributed by atoms with E-state index < -0.39 is 10.9 Å². The standard InChI is InChI=1S/C15H17N3O4/c1-3-17-14(10-11(2)16-17)15(19)22-9-8-12-6-4-5-7-13(12)18(20)21/h4-7,10H,3,8-9H2,1-2H3. The van der Waals surface area contributed by atoms with Gasteiger partial charge in [0.25, 0.3) is 5.69 Å². The predicted molar refractivity (Wildman–Crippen MR) is 79.7 cm³/mol. The molecule has 0 saturated heterocycles. The normalized spacial score (nSPS) is 10.5. The first kappa shape index (κ1) is 15.7. The molecule has 0 unspecified atom stereocenters. The van der Waals surface area contributed by atoms with Crippen LogP contribution in [0.1, 0.15) is 28.7 Å². The summed E-state index contributed by atoms with van der Waals surface area (Å²) < 4.78 is 6.77. The van der Waals surface area contributed by atoms with Gasteiger partial charge in [0.05, 0.1) is 17.2 Å². The van der Waals surface area contributed by atoms with Crippen LogP contribution in [0, 0.1) is 17.0 Å². The van der Waals surface area contributed by atoms with E-state index in [0.717, 1.165) is 5.69 Å². The first-order valence-corrected chi connectivity index (χ1v) is 6.96. The lowest BCUT2D eigenvalue weighted by molar-refractivity contribution is -0.385. The fourth-order valence-electron chi connectivity index (χ4n) is 2.18. The monoisotopic (exact) mass is 303 g/mol. The van der Waals surface area contributed by atoms with E-state index in [9.17, 15) is 14.9 Å². The van der Waals surface area contributed by atoms with E-state index >= 15 is 0 Å². The quantitative estimate of drug-likeness (QED) is 0.465. The summed E-state index contributed by atoms with van der Waals surface area (Å²) in [5.41, 5.74) is 1.71. The molecule has 0 radical (unpaired) electrons. The highest BCUT2D eigenvalue weighted by Crippen LogP contribution is 2.18. The van der Waals surface area contributed by atoms with Crippen molar-refractivity contribution in [2.75, 3.05) is 6.61 Å². The van der Waals surface area contributed by atoms with Crippen LogP contribution in [0.15, 0.2) is 30.3 Å². The van der Waals surface area contributed by atoms with E-state index in [1.54, 1.807) is 35.9 Å². The van der Waals surface area contributed by atoms with Gasteiger partial charge in [0.15, 0.2) is 0 Å².